The average Bonchev–Trinajstić information content (AvgIpc) is 2.69. The molecule has 3 N–H and O–H groups in total. The normalized spacial score (nSPS) is 13.2. The van der Waals surface area contributed by atoms with Crippen LogP contribution in [0.15, 0.2) is 60.8 Å². The molecule has 0 fully saturated rings. The summed E-state index contributed by atoms with van der Waals surface area (Å²) >= 11 is 0. The van der Waals surface area contributed by atoms with E-state index in [9.17, 15) is 14.4 Å². The molecule has 1 unspecified atom stereocenters. The Bertz CT molecular complexity index is 644. The van der Waals surface area contributed by atoms with Gasteiger partial charge in [-0.1, -0.05) is 67.7 Å². The molecular weight excluding hydrogens is 382 g/mol. The predicted molar refractivity (Wildman–Crippen MR) is 120 cm³/mol. The van der Waals surface area contributed by atoms with Crippen molar-refractivity contribution < 1.29 is 24.6 Å². The molecule has 0 aliphatic heterocycles. The Morgan fingerprint density at radius 2 is 1.23 bits per heavy atom. The lowest BCUT2D eigenvalue weighted by atomic mass is 10.1. The van der Waals surface area contributed by atoms with E-state index in [-0.39, 0.29) is 6.42 Å². The summed E-state index contributed by atoms with van der Waals surface area (Å²) in [6, 6.07) is -1.39. The quantitative estimate of drug-likeness (QED) is 0.229. The van der Waals surface area contributed by atoms with Gasteiger partial charge in [-0.15, -0.1) is 0 Å². The number of nitrogens with one attached hydrogen (secondary N) is 1. The van der Waals surface area contributed by atoms with Crippen molar-refractivity contribution in [1.82, 2.24) is 5.32 Å². The summed E-state index contributed by atoms with van der Waals surface area (Å²) in [6.07, 6.45) is 26.7. The number of carboxylic acid groups (broad SMARTS) is 2. The third kappa shape index (κ3) is 18.5. The van der Waals surface area contributed by atoms with Gasteiger partial charge in [0.25, 0.3) is 0 Å². The van der Waals surface area contributed by atoms with Gasteiger partial charge in [0, 0.05) is 6.42 Å². The first-order valence-electron chi connectivity index (χ1n) is 10.5. The van der Waals surface area contributed by atoms with E-state index >= 15 is 0 Å². The van der Waals surface area contributed by atoms with Crippen LogP contribution in [0.1, 0.15) is 64.7 Å². The highest BCUT2D eigenvalue weighted by Crippen LogP contribution is 2.01. The number of aliphatic carboxylic acids is 2. The van der Waals surface area contributed by atoms with Crippen LogP contribution in [0.2, 0.25) is 0 Å². The van der Waals surface area contributed by atoms with Crippen LogP contribution in [0.5, 0.6) is 0 Å². The van der Waals surface area contributed by atoms with Gasteiger partial charge in [0.05, 0.1) is 6.42 Å². The van der Waals surface area contributed by atoms with Crippen LogP contribution >= 0.6 is 0 Å². The van der Waals surface area contributed by atoms with Gasteiger partial charge in [0.15, 0.2) is 0 Å². The summed E-state index contributed by atoms with van der Waals surface area (Å²) in [7, 11) is 0. The molecule has 0 aromatic heterocycles. The van der Waals surface area contributed by atoms with Crippen molar-refractivity contribution in [3.8, 4) is 0 Å². The minimum Gasteiger partial charge on any atom is -0.481 e. The molecule has 0 bridgehead atoms. The summed E-state index contributed by atoms with van der Waals surface area (Å²) in [6.45, 7) is 2.13. The second-order valence-electron chi connectivity index (χ2n) is 6.66. The summed E-state index contributed by atoms with van der Waals surface area (Å²) < 4.78 is 0. The fourth-order valence-electron chi connectivity index (χ4n) is 2.39. The molecule has 0 aliphatic rings. The van der Waals surface area contributed by atoms with Crippen LogP contribution in [0.25, 0.3) is 0 Å². The van der Waals surface area contributed by atoms with Gasteiger partial charge in [-0.3, -0.25) is 9.59 Å². The summed E-state index contributed by atoms with van der Waals surface area (Å²) in [5.41, 5.74) is 0. The predicted octanol–water partition coefficient (Wildman–Crippen LogP) is 4.95. The maximum atomic E-state index is 11.7. The topological polar surface area (TPSA) is 104 Å². The molecule has 6 heteroatoms. The molecule has 0 saturated heterocycles. The van der Waals surface area contributed by atoms with E-state index in [2.05, 4.69) is 60.8 Å². The lowest BCUT2D eigenvalue weighted by Gasteiger charge is -2.11. The summed E-state index contributed by atoms with van der Waals surface area (Å²) in [5.74, 6) is -3.05. The van der Waals surface area contributed by atoms with Gasteiger partial charge >= 0.3 is 11.9 Å². The first-order valence-corrected chi connectivity index (χ1v) is 10.5. The van der Waals surface area contributed by atoms with E-state index in [1.54, 1.807) is 0 Å². The molecule has 1 amide bonds. The van der Waals surface area contributed by atoms with E-state index in [1.165, 1.54) is 0 Å². The molecule has 0 aromatic rings. The van der Waals surface area contributed by atoms with Crippen molar-refractivity contribution in [2.75, 3.05) is 0 Å². The van der Waals surface area contributed by atoms with Gasteiger partial charge in [-0.05, 0) is 44.9 Å². The number of carbonyl (C=O) groups excluding carboxylic acids is 1. The minimum absolute atomic E-state index is 0.164. The second kappa shape index (κ2) is 19.4. The number of hydrogen-bond donors (Lipinski definition) is 3. The van der Waals surface area contributed by atoms with E-state index in [4.69, 9.17) is 10.2 Å². The van der Waals surface area contributed by atoms with Crippen LogP contribution in [0.4, 0.5) is 0 Å². The van der Waals surface area contributed by atoms with Crippen LogP contribution in [0.3, 0.4) is 0 Å². The summed E-state index contributed by atoms with van der Waals surface area (Å²) in [4.78, 5) is 33.2. The highest BCUT2D eigenvalue weighted by Gasteiger charge is 2.22. The van der Waals surface area contributed by atoms with Crippen molar-refractivity contribution in [3.05, 3.63) is 60.8 Å². The highest BCUT2D eigenvalue weighted by molar-refractivity contribution is 5.86. The van der Waals surface area contributed by atoms with Crippen molar-refractivity contribution in [2.45, 2.75) is 70.8 Å². The highest BCUT2D eigenvalue weighted by atomic mass is 16.4. The Hall–Kier alpha value is -2.89. The van der Waals surface area contributed by atoms with Crippen LogP contribution in [-0.4, -0.2) is 34.1 Å². The Labute approximate surface area is 179 Å². The smallest absolute Gasteiger partial charge is 0.326 e. The summed E-state index contributed by atoms with van der Waals surface area (Å²) in [5, 5.41) is 19.8. The number of carboxylic acids is 2. The third-order valence-electron chi connectivity index (χ3n) is 3.94. The van der Waals surface area contributed by atoms with E-state index in [1.807, 2.05) is 12.2 Å². The molecule has 1 atom stereocenters. The Morgan fingerprint density at radius 3 is 1.67 bits per heavy atom. The van der Waals surface area contributed by atoms with Crippen molar-refractivity contribution in [3.63, 3.8) is 0 Å². The first-order chi connectivity index (χ1) is 14.5. The third-order valence-corrected chi connectivity index (χ3v) is 3.94. The fourth-order valence-corrected chi connectivity index (χ4v) is 2.39. The molecule has 0 spiro atoms. The standard InChI is InChI=1S/C24H35NO5/c1-2-3-4-5-6-7-8-9-10-11-12-13-14-15-16-17-18-19-22(26)25-21(24(29)30)20-23(27)28/h3-4,6-7,9-10,12-13,15-16,21H,2,5,8,11,14,17-20H2,1H3,(H,25,26)(H,27,28)(H,29,30). The fraction of sp³-hybridized carbons (Fsp3) is 0.458. The first kappa shape index (κ1) is 27.1. The zero-order valence-corrected chi connectivity index (χ0v) is 17.8. The zero-order chi connectivity index (χ0) is 22.5. The SMILES string of the molecule is CCC=CCC=CCC=CCC=CCC=CCCCC(=O)NC(CC(=O)O)C(=O)O. The monoisotopic (exact) mass is 417 g/mol. The molecule has 166 valence electrons. The van der Waals surface area contributed by atoms with Crippen LogP contribution in [-0.2, 0) is 14.4 Å². The van der Waals surface area contributed by atoms with Gasteiger partial charge in [-0.25, -0.2) is 4.79 Å². The van der Waals surface area contributed by atoms with E-state index in [0.29, 0.717) is 12.8 Å². The molecule has 0 saturated carbocycles. The van der Waals surface area contributed by atoms with Gasteiger partial charge in [-0.2, -0.15) is 0 Å². The largest absolute Gasteiger partial charge is 0.481 e. The van der Waals surface area contributed by atoms with Crippen LogP contribution < -0.4 is 5.32 Å². The molecule has 0 aromatic carbocycles. The maximum absolute atomic E-state index is 11.7. The van der Waals surface area contributed by atoms with E-state index < -0.39 is 30.3 Å². The number of unbranched alkanes of at least 4 members (excludes halogenated alkanes) is 1. The van der Waals surface area contributed by atoms with Gasteiger partial charge in [0.2, 0.25) is 5.91 Å². The molecule has 0 heterocycles. The zero-order valence-electron chi connectivity index (χ0n) is 17.8. The Kier molecular flexibility index (Phi) is 17.6. The molecule has 0 radical (unpaired) electrons. The number of hydrogen-bond acceptors (Lipinski definition) is 3. The van der Waals surface area contributed by atoms with Crippen molar-refractivity contribution in [1.29, 1.82) is 0 Å². The second-order valence-corrected chi connectivity index (χ2v) is 6.66. The molecule has 6 nitrogen and oxygen atoms in total. The molecule has 30 heavy (non-hydrogen) atoms. The lowest BCUT2D eigenvalue weighted by molar-refractivity contribution is -0.147. The lowest BCUT2D eigenvalue weighted by Crippen LogP contribution is -2.42. The molecule has 0 aliphatic carbocycles. The number of allylic oxidation sites excluding steroid dienone is 10. The minimum atomic E-state index is -1.39. The Morgan fingerprint density at radius 1 is 0.767 bits per heavy atom. The number of carbonyl (C=O) groups is 3. The van der Waals surface area contributed by atoms with Crippen LogP contribution in [0, 0.1) is 0 Å². The van der Waals surface area contributed by atoms with Gasteiger partial charge < -0.3 is 15.5 Å². The maximum Gasteiger partial charge on any atom is 0.326 e. The van der Waals surface area contributed by atoms with E-state index in [0.717, 1.165) is 32.1 Å². The van der Waals surface area contributed by atoms with Crippen molar-refractivity contribution in [2.24, 2.45) is 0 Å². The number of amides is 1. The molecular formula is C24H35NO5. The average molecular weight is 418 g/mol. The molecule has 0 rings (SSSR count). The number of rotatable bonds is 17. The van der Waals surface area contributed by atoms with Gasteiger partial charge in [0.1, 0.15) is 6.04 Å². The Balaban J connectivity index is 3.78. The van der Waals surface area contributed by atoms with Crippen molar-refractivity contribution >= 4 is 17.8 Å².